The van der Waals surface area contributed by atoms with E-state index in [0.29, 0.717) is 18.9 Å². The molecule has 1 amide bonds. The van der Waals surface area contributed by atoms with Crippen LogP contribution in [0.4, 0.5) is 5.69 Å². The molecule has 0 radical (unpaired) electrons. The zero-order chi connectivity index (χ0) is 15.1. The number of carbonyl (C=O) groups is 1. The van der Waals surface area contributed by atoms with Crippen molar-refractivity contribution in [3.05, 3.63) is 29.8 Å². The van der Waals surface area contributed by atoms with Gasteiger partial charge in [-0.05, 0) is 56.0 Å². The summed E-state index contributed by atoms with van der Waals surface area (Å²) < 4.78 is 0. The van der Waals surface area contributed by atoms with Crippen molar-refractivity contribution in [3.8, 4) is 0 Å². The van der Waals surface area contributed by atoms with E-state index in [0.717, 1.165) is 30.8 Å². The molecule has 1 aliphatic rings. The summed E-state index contributed by atoms with van der Waals surface area (Å²) in [4.78, 5) is 14.0. The lowest BCUT2D eigenvalue weighted by molar-refractivity contribution is -0.121. The van der Waals surface area contributed by atoms with Gasteiger partial charge in [0.2, 0.25) is 5.91 Å². The first-order valence-corrected chi connectivity index (χ1v) is 7.89. The minimum absolute atomic E-state index is 0. The second kappa shape index (κ2) is 11.5. The summed E-state index contributed by atoms with van der Waals surface area (Å²) in [5, 5.41) is 6.39. The van der Waals surface area contributed by atoms with E-state index in [2.05, 4.69) is 33.7 Å². The molecule has 1 aromatic carbocycles. The third-order valence-electron chi connectivity index (χ3n) is 4.16. The maximum Gasteiger partial charge on any atom is 0.220 e. The third-order valence-corrected chi connectivity index (χ3v) is 4.16. The van der Waals surface area contributed by atoms with Crippen molar-refractivity contribution in [1.82, 2.24) is 10.6 Å². The van der Waals surface area contributed by atoms with Crippen molar-refractivity contribution in [1.29, 1.82) is 0 Å². The highest BCUT2D eigenvalue weighted by Gasteiger charge is 2.14. The SMILES string of the molecule is CN(C)c1cccc(CNC(=O)CCC2CCNCC2)c1.Cl.Cl. The van der Waals surface area contributed by atoms with Gasteiger partial charge >= 0.3 is 0 Å². The predicted molar refractivity (Wildman–Crippen MR) is 102 cm³/mol. The monoisotopic (exact) mass is 361 g/mol. The van der Waals surface area contributed by atoms with Gasteiger partial charge in [-0.25, -0.2) is 0 Å². The van der Waals surface area contributed by atoms with E-state index in [1.54, 1.807) is 0 Å². The highest BCUT2D eigenvalue weighted by Crippen LogP contribution is 2.17. The zero-order valence-corrected chi connectivity index (χ0v) is 15.6. The summed E-state index contributed by atoms with van der Waals surface area (Å²) in [6.45, 7) is 2.82. The average molecular weight is 362 g/mol. The van der Waals surface area contributed by atoms with Gasteiger partial charge in [0.15, 0.2) is 0 Å². The first kappa shape index (κ1) is 22.0. The van der Waals surface area contributed by atoms with E-state index in [9.17, 15) is 4.79 Å². The molecular weight excluding hydrogens is 333 g/mol. The van der Waals surface area contributed by atoms with Crippen molar-refractivity contribution in [2.45, 2.75) is 32.2 Å². The lowest BCUT2D eigenvalue weighted by atomic mass is 9.93. The fourth-order valence-corrected chi connectivity index (χ4v) is 2.74. The molecule has 1 saturated heterocycles. The second-order valence-electron chi connectivity index (χ2n) is 6.07. The van der Waals surface area contributed by atoms with Gasteiger partial charge in [-0.2, -0.15) is 0 Å². The fourth-order valence-electron chi connectivity index (χ4n) is 2.74. The van der Waals surface area contributed by atoms with Gasteiger partial charge in [0, 0.05) is 32.7 Å². The van der Waals surface area contributed by atoms with E-state index in [-0.39, 0.29) is 30.7 Å². The summed E-state index contributed by atoms with van der Waals surface area (Å²) in [7, 11) is 4.05. The van der Waals surface area contributed by atoms with E-state index in [1.807, 2.05) is 20.2 Å². The number of nitrogens with zero attached hydrogens (tertiary/aromatic N) is 1. The molecule has 0 spiro atoms. The van der Waals surface area contributed by atoms with Crippen molar-refractivity contribution < 1.29 is 4.79 Å². The first-order chi connectivity index (χ1) is 10.1. The molecule has 0 saturated carbocycles. The molecule has 2 rings (SSSR count). The standard InChI is InChI=1S/C17H27N3O.2ClH/c1-20(2)16-5-3-4-15(12-16)13-19-17(21)7-6-14-8-10-18-11-9-14;;/h3-5,12,14,18H,6-11,13H2,1-2H3,(H,19,21);2*1H. The van der Waals surface area contributed by atoms with Crippen LogP contribution in [0, 0.1) is 5.92 Å². The van der Waals surface area contributed by atoms with Crippen molar-refractivity contribution in [2.24, 2.45) is 5.92 Å². The van der Waals surface area contributed by atoms with Crippen LogP contribution in [0.2, 0.25) is 0 Å². The number of nitrogens with one attached hydrogen (secondary N) is 2. The maximum absolute atomic E-state index is 11.9. The number of halogens is 2. The van der Waals surface area contributed by atoms with Crippen LogP contribution in [0.3, 0.4) is 0 Å². The molecule has 23 heavy (non-hydrogen) atoms. The molecule has 0 aliphatic carbocycles. The molecule has 4 nitrogen and oxygen atoms in total. The molecule has 132 valence electrons. The number of piperidine rings is 1. The first-order valence-electron chi connectivity index (χ1n) is 7.89. The lowest BCUT2D eigenvalue weighted by Gasteiger charge is -2.22. The Bertz CT molecular complexity index is 463. The second-order valence-corrected chi connectivity index (χ2v) is 6.07. The van der Waals surface area contributed by atoms with Gasteiger partial charge in [-0.15, -0.1) is 24.8 Å². The minimum atomic E-state index is 0. The van der Waals surface area contributed by atoms with Crippen LogP contribution in [-0.4, -0.2) is 33.1 Å². The number of anilines is 1. The molecule has 1 heterocycles. The van der Waals surface area contributed by atoms with Crippen molar-refractivity contribution in [3.63, 3.8) is 0 Å². The molecule has 1 fully saturated rings. The molecule has 0 atom stereocenters. The Morgan fingerprint density at radius 2 is 1.96 bits per heavy atom. The number of carbonyl (C=O) groups excluding carboxylic acids is 1. The molecule has 0 aromatic heterocycles. The number of rotatable bonds is 6. The number of hydrogen-bond donors (Lipinski definition) is 2. The van der Waals surface area contributed by atoms with Crippen LogP contribution in [0.1, 0.15) is 31.2 Å². The summed E-state index contributed by atoms with van der Waals surface area (Å²) >= 11 is 0. The maximum atomic E-state index is 11.9. The average Bonchev–Trinajstić information content (AvgIpc) is 2.52. The van der Waals surface area contributed by atoms with Crippen LogP contribution >= 0.6 is 24.8 Å². The Labute approximate surface area is 152 Å². The molecule has 1 aliphatic heterocycles. The van der Waals surface area contributed by atoms with Gasteiger partial charge in [-0.3, -0.25) is 4.79 Å². The molecular formula is C17H29Cl2N3O. The number of benzene rings is 1. The molecule has 1 aromatic rings. The largest absolute Gasteiger partial charge is 0.378 e. The van der Waals surface area contributed by atoms with Crippen molar-refractivity contribution >= 4 is 36.4 Å². The van der Waals surface area contributed by atoms with Gasteiger partial charge in [-0.1, -0.05) is 12.1 Å². The summed E-state index contributed by atoms with van der Waals surface area (Å²) in [6, 6.07) is 8.28. The molecule has 6 heteroatoms. The van der Waals surface area contributed by atoms with E-state index in [1.165, 1.54) is 12.8 Å². The number of hydrogen-bond acceptors (Lipinski definition) is 3. The van der Waals surface area contributed by atoms with Crippen LogP contribution in [-0.2, 0) is 11.3 Å². The van der Waals surface area contributed by atoms with E-state index < -0.39 is 0 Å². The summed E-state index contributed by atoms with van der Waals surface area (Å²) in [5.74, 6) is 0.887. The Kier molecular flexibility index (Phi) is 11.1. The Hall–Kier alpha value is -0.970. The lowest BCUT2D eigenvalue weighted by Crippen LogP contribution is -2.29. The highest BCUT2D eigenvalue weighted by atomic mass is 35.5. The molecule has 2 N–H and O–H groups in total. The minimum Gasteiger partial charge on any atom is -0.378 e. The predicted octanol–water partition coefficient (Wildman–Crippen LogP) is 2.99. The molecule has 0 bridgehead atoms. The van der Waals surface area contributed by atoms with Crippen molar-refractivity contribution in [2.75, 3.05) is 32.1 Å². The summed E-state index contributed by atoms with van der Waals surface area (Å²) in [5.41, 5.74) is 2.31. The van der Waals surface area contributed by atoms with Gasteiger partial charge in [0.25, 0.3) is 0 Å². The van der Waals surface area contributed by atoms with Crippen LogP contribution in [0.5, 0.6) is 0 Å². The highest BCUT2D eigenvalue weighted by molar-refractivity contribution is 5.85. The van der Waals surface area contributed by atoms with E-state index in [4.69, 9.17) is 0 Å². The smallest absolute Gasteiger partial charge is 0.220 e. The van der Waals surface area contributed by atoms with Gasteiger partial charge < -0.3 is 15.5 Å². The molecule has 0 unspecified atom stereocenters. The topological polar surface area (TPSA) is 44.4 Å². The third kappa shape index (κ3) is 7.91. The van der Waals surface area contributed by atoms with Gasteiger partial charge in [0.05, 0.1) is 0 Å². The van der Waals surface area contributed by atoms with Crippen LogP contribution < -0.4 is 15.5 Å². The quantitative estimate of drug-likeness (QED) is 0.818. The summed E-state index contributed by atoms with van der Waals surface area (Å²) in [6.07, 6.45) is 4.08. The normalized spacial score (nSPS) is 14.3. The van der Waals surface area contributed by atoms with E-state index >= 15 is 0 Å². The Morgan fingerprint density at radius 3 is 2.61 bits per heavy atom. The Morgan fingerprint density at radius 1 is 1.26 bits per heavy atom. The fraction of sp³-hybridized carbons (Fsp3) is 0.588. The number of amides is 1. The van der Waals surface area contributed by atoms with Gasteiger partial charge in [0.1, 0.15) is 0 Å². The van der Waals surface area contributed by atoms with Crippen LogP contribution in [0.15, 0.2) is 24.3 Å². The van der Waals surface area contributed by atoms with Crippen LogP contribution in [0.25, 0.3) is 0 Å². The Balaban J connectivity index is 0.00000242. The zero-order valence-electron chi connectivity index (χ0n) is 14.0.